The molecule has 0 amide bonds. The predicted octanol–water partition coefficient (Wildman–Crippen LogP) is 5.43. The Morgan fingerprint density at radius 3 is 2.48 bits per heavy atom. The molecule has 1 aromatic heterocycles. The van der Waals surface area contributed by atoms with Crippen LogP contribution in [-0.4, -0.2) is 26.7 Å². The minimum Gasteiger partial charge on any atom is -0.506 e. The molecule has 0 radical (unpaired) electrons. The maximum atomic E-state index is 10.5. The molecule has 0 unspecified atom stereocenters. The van der Waals surface area contributed by atoms with Crippen LogP contribution >= 0.6 is 0 Å². The van der Waals surface area contributed by atoms with Crippen LogP contribution in [0.3, 0.4) is 0 Å². The lowest BCUT2D eigenvalue weighted by atomic mass is 10.0. The first-order valence-corrected chi connectivity index (χ1v) is 10.0. The summed E-state index contributed by atoms with van der Waals surface area (Å²) in [4.78, 5) is 1.49. The van der Waals surface area contributed by atoms with Crippen molar-refractivity contribution in [1.82, 2.24) is 15.0 Å². The van der Waals surface area contributed by atoms with Crippen LogP contribution in [0.4, 0.5) is 0 Å². The van der Waals surface area contributed by atoms with Gasteiger partial charge in [-0.25, -0.2) is 0 Å². The number of ether oxygens (including phenoxy) is 1. The number of phenolic OH excluding ortho intramolecular Hbond substituents is 1. The molecule has 2 aromatic carbocycles. The second-order valence-electron chi connectivity index (χ2n) is 6.98. The Balaban J connectivity index is 1.71. The summed E-state index contributed by atoms with van der Waals surface area (Å²) in [6, 6.07) is 11.5. The zero-order valence-electron chi connectivity index (χ0n) is 16.3. The Morgan fingerprint density at radius 1 is 0.889 bits per heavy atom. The molecule has 3 rings (SSSR count). The lowest BCUT2D eigenvalue weighted by Gasteiger charge is -2.06. The van der Waals surface area contributed by atoms with Crippen molar-refractivity contribution in [3.63, 3.8) is 0 Å². The SMILES string of the molecule is CCCCCCCc1ccc(-n2nc3ccc(OCCC)cc3n2)c(O)c1. The van der Waals surface area contributed by atoms with Gasteiger partial charge in [-0.05, 0) is 49.1 Å². The molecule has 27 heavy (non-hydrogen) atoms. The first-order valence-electron chi connectivity index (χ1n) is 10.0. The highest BCUT2D eigenvalue weighted by Gasteiger charge is 2.10. The Hall–Kier alpha value is -2.56. The van der Waals surface area contributed by atoms with Crippen molar-refractivity contribution < 1.29 is 9.84 Å². The zero-order valence-corrected chi connectivity index (χ0v) is 16.3. The van der Waals surface area contributed by atoms with Gasteiger partial charge in [-0.15, -0.1) is 15.0 Å². The zero-order chi connectivity index (χ0) is 19.1. The quantitative estimate of drug-likeness (QED) is 0.486. The second kappa shape index (κ2) is 9.40. The fourth-order valence-electron chi connectivity index (χ4n) is 3.14. The van der Waals surface area contributed by atoms with E-state index in [0.717, 1.165) is 41.6 Å². The molecule has 144 valence electrons. The van der Waals surface area contributed by atoms with Gasteiger partial charge < -0.3 is 9.84 Å². The van der Waals surface area contributed by atoms with Gasteiger partial charge in [-0.1, -0.05) is 45.6 Å². The molecule has 1 heterocycles. The molecule has 0 aliphatic heterocycles. The molecule has 0 atom stereocenters. The van der Waals surface area contributed by atoms with Gasteiger partial charge in [0, 0.05) is 6.07 Å². The topological polar surface area (TPSA) is 60.2 Å². The van der Waals surface area contributed by atoms with Gasteiger partial charge in [-0.2, -0.15) is 0 Å². The number of aromatic nitrogens is 3. The monoisotopic (exact) mass is 367 g/mol. The van der Waals surface area contributed by atoms with Crippen molar-refractivity contribution in [2.45, 2.75) is 58.8 Å². The Kier molecular flexibility index (Phi) is 6.69. The third kappa shape index (κ3) is 5.00. The van der Waals surface area contributed by atoms with Crippen LogP contribution in [0.15, 0.2) is 36.4 Å². The summed E-state index contributed by atoms with van der Waals surface area (Å²) in [6.45, 7) is 4.98. The van der Waals surface area contributed by atoms with Crippen LogP contribution < -0.4 is 4.74 Å². The van der Waals surface area contributed by atoms with E-state index in [9.17, 15) is 5.11 Å². The van der Waals surface area contributed by atoms with Gasteiger partial charge in [0.05, 0.1) is 6.61 Å². The van der Waals surface area contributed by atoms with Crippen LogP contribution in [0.1, 0.15) is 57.9 Å². The number of nitrogens with zero attached hydrogens (tertiary/aromatic N) is 3. The third-order valence-corrected chi connectivity index (χ3v) is 4.65. The summed E-state index contributed by atoms with van der Waals surface area (Å²) >= 11 is 0. The molecule has 0 aliphatic carbocycles. The fourth-order valence-corrected chi connectivity index (χ4v) is 3.14. The van der Waals surface area contributed by atoms with Gasteiger partial charge in [0.25, 0.3) is 0 Å². The van der Waals surface area contributed by atoms with Crippen LogP contribution in [-0.2, 0) is 6.42 Å². The number of benzene rings is 2. The number of hydrogen-bond acceptors (Lipinski definition) is 4. The molecule has 0 spiro atoms. The van der Waals surface area contributed by atoms with Crippen molar-refractivity contribution in [1.29, 1.82) is 0 Å². The van der Waals surface area contributed by atoms with Crippen molar-refractivity contribution in [3.05, 3.63) is 42.0 Å². The average Bonchev–Trinajstić information content (AvgIpc) is 3.09. The highest BCUT2D eigenvalue weighted by molar-refractivity contribution is 5.75. The number of unbranched alkanes of at least 4 members (excludes halogenated alkanes) is 4. The lowest BCUT2D eigenvalue weighted by Crippen LogP contribution is -1.99. The van der Waals surface area contributed by atoms with Gasteiger partial charge >= 0.3 is 0 Å². The normalized spacial score (nSPS) is 11.2. The van der Waals surface area contributed by atoms with E-state index < -0.39 is 0 Å². The molecule has 0 fully saturated rings. The Labute approximate surface area is 161 Å². The van der Waals surface area contributed by atoms with Gasteiger partial charge in [0.2, 0.25) is 0 Å². The summed E-state index contributed by atoms with van der Waals surface area (Å²) in [5.41, 5.74) is 3.28. The summed E-state index contributed by atoms with van der Waals surface area (Å²) < 4.78 is 5.65. The Bertz CT molecular complexity index is 873. The van der Waals surface area contributed by atoms with Crippen molar-refractivity contribution in [2.75, 3.05) is 6.61 Å². The molecule has 0 saturated carbocycles. The van der Waals surface area contributed by atoms with Crippen molar-refractivity contribution in [3.8, 4) is 17.2 Å². The summed E-state index contributed by atoms with van der Waals surface area (Å²) in [6.07, 6.45) is 8.19. The molecular weight excluding hydrogens is 338 g/mol. The number of rotatable bonds is 10. The minimum atomic E-state index is 0.212. The number of hydrogen-bond donors (Lipinski definition) is 1. The smallest absolute Gasteiger partial charge is 0.143 e. The standard InChI is InChI=1S/C22H29N3O2/c1-3-5-6-7-8-9-17-10-13-21(22(26)15-17)25-23-19-12-11-18(27-14-4-2)16-20(19)24-25/h10-13,15-16,26H,3-9,14H2,1-2H3. The van der Waals surface area contributed by atoms with Crippen LogP contribution in [0.5, 0.6) is 11.5 Å². The molecule has 0 bridgehead atoms. The lowest BCUT2D eigenvalue weighted by molar-refractivity contribution is 0.318. The first-order chi connectivity index (χ1) is 13.2. The molecule has 1 N–H and O–H groups in total. The van der Waals surface area contributed by atoms with E-state index in [1.165, 1.54) is 30.5 Å². The van der Waals surface area contributed by atoms with E-state index in [4.69, 9.17) is 4.74 Å². The Morgan fingerprint density at radius 2 is 1.70 bits per heavy atom. The number of fused-ring (bicyclic) bond motifs is 1. The average molecular weight is 367 g/mol. The van der Waals surface area contributed by atoms with E-state index in [1.54, 1.807) is 0 Å². The number of phenols is 1. The summed E-state index contributed by atoms with van der Waals surface area (Å²) in [5.74, 6) is 1.00. The highest BCUT2D eigenvalue weighted by Crippen LogP contribution is 2.25. The van der Waals surface area contributed by atoms with E-state index in [0.29, 0.717) is 12.3 Å². The van der Waals surface area contributed by atoms with E-state index in [1.807, 2.05) is 30.3 Å². The molecular formula is C22H29N3O2. The fraction of sp³-hybridized carbons (Fsp3) is 0.455. The van der Waals surface area contributed by atoms with Gasteiger partial charge in [-0.3, -0.25) is 0 Å². The summed E-state index contributed by atoms with van der Waals surface area (Å²) in [5, 5.41) is 19.4. The largest absolute Gasteiger partial charge is 0.506 e. The van der Waals surface area contributed by atoms with Crippen LogP contribution in [0.25, 0.3) is 16.7 Å². The van der Waals surface area contributed by atoms with Crippen LogP contribution in [0.2, 0.25) is 0 Å². The van der Waals surface area contributed by atoms with Crippen molar-refractivity contribution in [2.24, 2.45) is 0 Å². The maximum absolute atomic E-state index is 10.5. The second-order valence-corrected chi connectivity index (χ2v) is 6.98. The molecule has 5 heteroatoms. The van der Waals surface area contributed by atoms with Gasteiger partial charge in [0.15, 0.2) is 0 Å². The highest BCUT2D eigenvalue weighted by atomic mass is 16.5. The molecule has 0 saturated heterocycles. The predicted molar refractivity (Wildman–Crippen MR) is 109 cm³/mol. The molecule has 3 aromatic rings. The molecule has 5 nitrogen and oxygen atoms in total. The van der Waals surface area contributed by atoms with Crippen molar-refractivity contribution >= 4 is 11.0 Å². The van der Waals surface area contributed by atoms with E-state index >= 15 is 0 Å². The number of aryl methyl sites for hydroxylation is 1. The first kappa shape index (κ1) is 19.2. The van der Waals surface area contributed by atoms with E-state index in [2.05, 4.69) is 30.1 Å². The van der Waals surface area contributed by atoms with E-state index in [-0.39, 0.29) is 5.75 Å². The van der Waals surface area contributed by atoms with Gasteiger partial charge in [0.1, 0.15) is 28.2 Å². The number of aromatic hydroxyl groups is 1. The minimum absolute atomic E-state index is 0.212. The molecule has 0 aliphatic rings. The third-order valence-electron chi connectivity index (χ3n) is 4.65. The van der Waals surface area contributed by atoms with Crippen LogP contribution in [0, 0.1) is 0 Å². The summed E-state index contributed by atoms with van der Waals surface area (Å²) in [7, 11) is 0. The maximum Gasteiger partial charge on any atom is 0.143 e.